The molecule has 0 amide bonds. The summed E-state index contributed by atoms with van der Waals surface area (Å²) in [4.78, 5) is 5.16. The van der Waals surface area contributed by atoms with Crippen LogP contribution in [0.3, 0.4) is 0 Å². The molecule has 2 aliphatic rings. The van der Waals surface area contributed by atoms with Gasteiger partial charge in [-0.1, -0.05) is 31.2 Å². The second kappa shape index (κ2) is 10.8. The number of rotatable bonds is 7. The van der Waals surface area contributed by atoms with E-state index in [2.05, 4.69) is 69.5 Å². The molecule has 1 aromatic carbocycles. The molecule has 0 atom stereocenters. The second-order valence-electron chi connectivity index (χ2n) is 9.24. The Labute approximate surface area is 203 Å². The molecule has 1 aromatic heterocycles. The average molecular weight is 457 g/mol. The zero-order chi connectivity index (χ0) is 24.1. The van der Waals surface area contributed by atoms with Crippen LogP contribution in [-0.2, 0) is 6.54 Å². The zero-order valence-electron chi connectivity index (χ0n) is 20.9. The maximum absolute atomic E-state index is 9.38. The molecule has 0 radical (unpaired) electrons. The van der Waals surface area contributed by atoms with Crippen LogP contribution in [0.15, 0.2) is 30.0 Å². The molecule has 1 N–H and O–H groups in total. The summed E-state index contributed by atoms with van der Waals surface area (Å²) in [5, 5.41) is 24.1. The van der Waals surface area contributed by atoms with Gasteiger partial charge in [0.1, 0.15) is 0 Å². The molecule has 2 heterocycles. The van der Waals surface area contributed by atoms with Gasteiger partial charge in [0.05, 0.1) is 17.3 Å². The van der Waals surface area contributed by atoms with Gasteiger partial charge in [0, 0.05) is 54.9 Å². The van der Waals surface area contributed by atoms with E-state index in [1.807, 2.05) is 26.0 Å². The van der Waals surface area contributed by atoms with Crippen molar-refractivity contribution in [1.29, 1.82) is 5.26 Å². The molecule has 0 spiro atoms. The van der Waals surface area contributed by atoms with E-state index in [4.69, 9.17) is 0 Å². The number of nitrogens with one attached hydrogen (secondary N) is 1. The first-order valence-electron chi connectivity index (χ1n) is 12.5. The minimum absolute atomic E-state index is 0.593. The lowest BCUT2D eigenvalue weighted by Crippen LogP contribution is -2.46. The summed E-state index contributed by atoms with van der Waals surface area (Å²) in [7, 11) is 0. The number of aryl methyl sites for hydroxylation is 1. The summed E-state index contributed by atoms with van der Waals surface area (Å²) in [6.45, 7) is 13.3. The standard InChI is InChI=1S/C28H36N6/c1-5-8-25(34-15-13-33(14-16-34)24-11-12-24)17-27-26(6-2)21(4)31-32-28(27)30-19-23-10-7-9-22(18-29)20(23)3/h6-10,17,24H,5,11-16,19H2,1-4H3,(H,30,32)/b25-8-,26-6-,27-17+. The highest BCUT2D eigenvalue weighted by atomic mass is 15.3. The predicted molar refractivity (Wildman–Crippen MR) is 138 cm³/mol. The summed E-state index contributed by atoms with van der Waals surface area (Å²) >= 11 is 0. The SMILES string of the molecule is C/C=c1/c(C)nnc(NCc2cccc(C#N)c2C)/c1=C/C(=C/CC)N1CCN(C2CC2)CC1. The molecule has 0 unspecified atom stereocenters. The van der Waals surface area contributed by atoms with E-state index in [9.17, 15) is 5.26 Å². The number of allylic oxidation sites excluding steroid dienone is 2. The third-order valence-electron chi connectivity index (χ3n) is 6.98. The van der Waals surface area contributed by atoms with Crippen molar-refractivity contribution in [1.82, 2.24) is 20.0 Å². The van der Waals surface area contributed by atoms with Gasteiger partial charge >= 0.3 is 0 Å². The Morgan fingerprint density at radius 2 is 1.91 bits per heavy atom. The maximum Gasteiger partial charge on any atom is 0.156 e. The number of piperazine rings is 1. The largest absolute Gasteiger partial charge is 0.369 e. The van der Waals surface area contributed by atoms with Gasteiger partial charge < -0.3 is 10.2 Å². The Morgan fingerprint density at radius 3 is 2.56 bits per heavy atom. The van der Waals surface area contributed by atoms with Gasteiger partial charge in [0.25, 0.3) is 0 Å². The quantitative estimate of drug-likeness (QED) is 0.690. The van der Waals surface area contributed by atoms with Gasteiger partial charge in [-0.3, -0.25) is 4.90 Å². The highest BCUT2D eigenvalue weighted by Gasteiger charge is 2.31. The molecule has 1 aliphatic carbocycles. The molecular formula is C28H36N6. The van der Waals surface area contributed by atoms with E-state index >= 15 is 0 Å². The highest BCUT2D eigenvalue weighted by molar-refractivity contribution is 5.55. The van der Waals surface area contributed by atoms with Crippen LogP contribution < -0.4 is 15.8 Å². The highest BCUT2D eigenvalue weighted by Crippen LogP contribution is 2.28. The third kappa shape index (κ3) is 5.31. The second-order valence-corrected chi connectivity index (χ2v) is 9.24. The first-order chi connectivity index (χ1) is 16.5. The maximum atomic E-state index is 9.38. The van der Waals surface area contributed by atoms with E-state index in [1.165, 1.54) is 18.5 Å². The molecular weight excluding hydrogens is 420 g/mol. The van der Waals surface area contributed by atoms with Crippen LogP contribution in [0.2, 0.25) is 0 Å². The lowest BCUT2D eigenvalue weighted by atomic mass is 10.0. The molecule has 1 saturated heterocycles. The van der Waals surface area contributed by atoms with Crippen LogP contribution in [0.1, 0.15) is 55.5 Å². The lowest BCUT2D eigenvalue weighted by molar-refractivity contribution is 0.156. The number of nitriles is 1. The number of hydrogen-bond donors (Lipinski definition) is 1. The molecule has 178 valence electrons. The van der Waals surface area contributed by atoms with E-state index in [1.54, 1.807) is 0 Å². The number of aromatic nitrogens is 2. The number of hydrogen-bond acceptors (Lipinski definition) is 6. The summed E-state index contributed by atoms with van der Waals surface area (Å²) in [5.74, 6) is 0.777. The Bertz CT molecular complexity index is 1210. The van der Waals surface area contributed by atoms with Gasteiger partial charge in [-0.2, -0.15) is 10.4 Å². The molecule has 4 rings (SSSR count). The molecule has 1 saturated carbocycles. The monoisotopic (exact) mass is 456 g/mol. The van der Waals surface area contributed by atoms with Crippen molar-refractivity contribution in [2.24, 2.45) is 0 Å². The number of nitrogens with zero attached hydrogens (tertiary/aromatic N) is 5. The summed E-state index contributed by atoms with van der Waals surface area (Å²) in [5.41, 5.74) is 5.00. The van der Waals surface area contributed by atoms with E-state index in [0.29, 0.717) is 12.1 Å². The van der Waals surface area contributed by atoms with Crippen molar-refractivity contribution >= 4 is 18.0 Å². The first kappa shape index (κ1) is 24.0. The van der Waals surface area contributed by atoms with Crippen LogP contribution in [-0.4, -0.2) is 52.2 Å². The van der Waals surface area contributed by atoms with Gasteiger partial charge in [0.15, 0.2) is 5.82 Å². The van der Waals surface area contributed by atoms with Gasteiger partial charge in [-0.25, -0.2) is 0 Å². The van der Waals surface area contributed by atoms with Crippen molar-refractivity contribution in [3.63, 3.8) is 0 Å². The van der Waals surface area contributed by atoms with Crippen LogP contribution in [0.5, 0.6) is 0 Å². The smallest absolute Gasteiger partial charge is 0.156 e. The average Bonchev–Trinajstić information content (AvgIpc) is 3.70. The molecule has 2 fully saturated rings. The first-order valence-corrected chi connectivity index (χ1v) is 12.5. The number of anilines is 1. The molecule has 0 bridgehead atoms. The Kier molecular flexibility index (Phi) is 7.64. The summed E-state index contributed by atoms with van der Waals surface area (Å²) in [6.07, 6.45) is 10.5. The Hall–Kier alpha value is -3.17. The van der Waals surface area contributed by atoms with Crippen molar-refractivity contribution in [3.05, 3.63) is 62.8 Å². The molecule has 1 aliphatic heterocycles. The van der Waals surface area contributed by atoms with Crippen molar-refractivity contribution in [2.45, 2.75) is 59.5 Å². The topological polar surface area (TPSA) is 68.1 Å². The van der Waals surface area contributed by atoms with Crippen LogP contribution in [0, 0.1) is 25.2 Å². The lowest BCUT2D eigenvalue weighted by Gasteiger charge is -2.37. The van der Waals surface area contributed by atoms with Gasteiger partial charge in [-0.05, 0) is 63.3 Å². The summed E-state index contributed by atoms with van der Waals surface area (Å²) in [6, 6.07) is 8.96. The molecule has 2 aromatic rings. The van der Waals surface area contributed by atoms with E-state index < -0.39 is 0 Å². The van der Waals surface area contributed by atoms with Crippen LogP contribution in [0.25, 0.3) is 12.2 Å². The Balaban J connectivity index is 1.66. The zero-order valence-corrected chi connectivity index (χ0v) is 20.9. The summed E-state index contributed by atoms with van der Waals surface area (Å²) < 4.78 is 0. The third-order valence-corrected chi connectivity index (χ3v) is 6.98. The normalized spacial score (nSPS) is 18.3. The van der Waals surface area contributed by atoms with Gasteiger partial charge in [-0.15, -0.1) is 5.10 Å². The van der Waals surface area contributed by atoms with E-state index in [-0.39, 0.29) is 0 Å². The van der Waals surface area contributed by atoms with Gasteiger partial charge in [0.2, 0.25) is 0 Å². The van der Waals surface area contributed by atoms with Crippen molar-refractivity contribution in [2.75, 3.05) is 31.5 Å². The molecule has 6 heteroatoms. The van der Waals surface area contributed by atoms with Crippen molar-refractivity contribution in [3.8, 4) is 6.07 Å². The Morgan fingerprint density at radius 1 is 1.15 bits per heavy atom. The molecule has 34 heavy (non-hydrogen) atoms. The van der Waals surface area contributed by atoms with Crippen molar-refractivity contribution < 1.29 is 0 Å². The van der Waals surface area contributed by atoms with E-state index in [0.717, 1.165) is 71.7 Å². The van der Waals surface area contributed by atoms with Crippen LogP contribution in [0.4, 0.5) is 5.82 Å². The fourth-order valence-electron chi connectivity index (χ4n) is 4.79. The minimum atomic E-state index is 0.593. The number of benzene rings is 1. The predicted octanol–water partition coefficient (Wildman–Crippen LogP) is 3.23. The van der Waals surface area contributed by atoms with Crippen LogP contribution >= 0.6 is 0 Å². The molecule has 6 nitrogen and oxygen atoms in total. The fourth-order valence-corrected chi connectivity index (χ4v) is 4.79. The fraction of sp³-hybridized carbons (Fsp3) is 0.464. The minimum Gasteiger partial charge on any atom is -0.369 e.